The van der Waals surface area contributed by atoms with Gasteiger partial charge in [0.05, 0.1) is 17.7 Å². The number of halogens is 13. The highest BCUT2D eigenvalue weighted by Crippen LogP contribution is 2.37. The van der Waals surface area contributed by atoms with Crippen molar-refractivity contribution >= 4 is 5.91 Å². The second-order valence-corrected chi connectivity index (χ2v) is 10.3. The van der Waals surface area contributed by atoms with Gasteiger partial charge in [0, 0.05) is 17.5 Å². The van der Waals surface area contributed by atoms with Gasteiger partial charge in [0.25, 0.3) is 0 Å². The van der Waals surface area contributed by atoms with Gasteiger partial charge >= 0.3 is 24.9 Å². The molecule has 1 amide bonds. The van der Waals surface area contributed by atoms with Crippen LogP contribution < -0.4 is 10.5 Å². The first-order valence-electron chi connectivity index (χ1n) is 14.1. The molecular weight excluding hydrogens is 729 g/mol. The highest BCUT2D eigenvalue weighted by atomic mass is 19.4. The van der Waals surface area contributed by atoms with Crippen molar-refractivity contribution in [3.63, 3.8) is 0 Å². The summed E-state index contributed by atoms with van der Waals surface area (Å²) in [6.45, 7) is 3.47. The van der Waals surface area contributed by atoms with E-state index in [2.05, 4.69) is 17.6 Å². The number of carbonyl (C=O) groups excluding carboxylic acids is 1. The molecule has 0 spiro atoms. The van der Waals surface area contributed by atoms with Crippen LogP contribution in [0.25, 0.3) is 0 Å². The summed E-state index contributed by atoms with van der Waals surface area (Å²) >= 11 is 0. The van der Waals surface area contributed by atoms with Gasteiger partial charge in [-0.3, -0.25) is 4.79 Å². The monoisotopic (exact) mass is 757 g/mol. The summed E-state index contributed by atoms with van der Waals surface area (Å²) in [5.41, 5.74) is 3.30. The largest absolute Gasteiger partial charge is 0.461 e. The van der Waals surface area contributed by atoms with Crippen molar-refractivity contribution < 1.29 is 71.7 Å². The van der Waals surface area contributed by atoms with E-state index in [0.29, 0.717) is 30.3 Å². The minimum absolute atomic E-state index is 0.0964. The number of aryl methyl sites for hydroxylation is 1. The normalized spacial score (nSPS) is 11.9. The molecule has 1 atom stereocenters. The standard InChI is InChI=1S/C17H11F9O.C8H5F4NO.C8H10O.C2H2/c1-8(9-2-3-14(19)13(6-9)16(22,23)24)10-4-11(18)7-12(5-10)27-17(25,26)15(20)21;9-6-2-1-4(7(13)14)3-5(6)8(10,11)12;1-7-2-4-8(6-9)5-3-7;1-2/h2-8,15H,1H3;1-3H,(H2,13,14);2-5,9H,6H2,1H3;1-2H. The fourth-order valence-electron chi connectivity index (χ4n) is 3.91. The Labute approximate surface area is 288 Å². The number of alkyl halides is 10. The zero-order chi connectivity index (χ0) is 40.2. The second-order valence-electron chi connectivity index (χ2n) is 10.3. The van der Waals surface area contributed by atoms with Gasteiger partial charge in [0.1, 0.15) is 23.2 Å². The molecule has 0 heterocycles. The second kappa shape index (κ2) is 18.8. The number of hydrogen-bond acceptors (Lipinski definition) is 3. The molecule has 52 heavy (non-hydrogen) atoms. The molecule has 0 aliphatic rings. The number of ether oxygens (including phenoxy) is 1. The van der Waals surface area contributed by atoms with Crippen LogP contribution >= 0.6 is 0 Å². The summed E-state index contributed by atoms with van der Waals surface area (Å²) < 4.78 is 169. The lowest BCUT2D eigenvalue weighted by Gasteiger charge is -2.19. The first-order valence-corrected chi connectivity index (χ1v) is 14.1. The van der Waals surface area contributed by atoms with Crippen molar-refractivity contribution in [1.82, 2.24) is 0 Å². The summed E-state index contributed by atoms with van der Waals surface area (Å²) in [5.74, 6) is -7.04. The molecule has 0 bridgehead atoms. The van der Waals surface area contributed by atoms with E-state index in [4.69, 9.17) is 10.8 Å². The van der Waals surface area contributed by atoms with Gasteiger partial charge in [-0.25, -0.2) is 13.2 Å². The van der Waals surface area contributed by atoms with E-state index in [1.165, 1.54) is 12.5 Å². The molecule has 0 aliphatic heterocycles. The van der Waals surface area contributed by atoms with Gasteiger partial charge in [-0.05, 0) is 66.1 Å². The smallest absolute Gasteiger partial charge is 0.428 e. The number of primary amides is 1. The van der Waals surface area contributed by atoms with Gasteiger partial charge in [-0.2, -0.15) is 43.9 Å². The number of nitrogens with two attached hydrogens (primary N) is 1. The summed E-state index contributed by atoms with van der Waals surface area (Å²) in [6, 6.07) is 13.8. The number of amides is 1. The molecule has 0 radical (unpaired) electrons. The molecule has 3 N–H and O–H groups in total. The summed E-state index contributed by atoms with van der Waals surface area (Å²) in [5, 5.41) is 8.63. The number of aliphatic hydroxyl groups is 1. The number of terminal acetylenes is 1. The number of rotatable bonds is 7. The predicted molar refractivity (Wildman–Crippen MR) is 164 cm³/mol. The molecule has 282 valence electrons. The van der Waals surface area contributed by atoms with Crippen molar-refractivity contribution in [2.75, 3.05) is 0 Å². The molecule has 1 unspecified atom stereocenters. The van der Waals surface area contributed by atoms with Crippen molar-refractivity contribution in [3.8, 4) is 18.6 Å². The van der Waals surface area contributed by atoms with Crippen molar-refractivity contribution in [3.05, 3.63) is 135 Å². The minimum atomic E-state index is -4.98. The Morgan fingerprint density at radius 3 is 1.71 bits per heavy atom. The quantitative estimate of drug-likeness (QED) is 0.146. The van der Waals surface area contributed by atoms with Crippen LogP contribution in [-0.2, 0) is 19.0 Å². The van der Waals surface area contributed by atoms with Gasteiger partial charge < -0.3 is 15.6 Å². The van der Waals surface area contributed by atoms with Crippen LogP contribution in [0.1, 0.15) is 56.6 Å². The summed E-state index contributed by atoms with van der Waals surface area (Å²) in [4.78, 5) is 10.5. The number of hydrogen-bond donors (Lipinski definition) is 2. The Balaban J connectivity index is 0.000000447. The molecule has 4 aromatic carbocycles. The first kappa shape index (κ1) is 44.8. The fraction of sp³-hybridized carbons (Fsp3) is 0.229. The molecule has 4 nitrogen and oxygen atoms in total. The molecule has 17 heteroatoms. The Hall–Kier alpha value is -5.24. The molecular formula is C35H28F13NO3. The summed E-state index contributed by atoms with van der Waals surface area (Å²) in [7, 11) is 0. The van der Waals surface area contributed by atoms with E-state index in [1.807, 2.05) is 31.2 Å². The van der Waals surface area contributed by atoms with Crippen LogP contribution in [0.4, 0.5) is 57.1 Å². The van der Waals surface area contributed by atoms with Gasteiger partial charge in [-0.15, -0.1) is 12.8 Å². The maximum Gasteiger partial charge on any atom is 0.461 e. The third kappa shape index (κ3) is 13.5. The van der Waals surface area contributed by atoms with E-state index >= 15 is 0 Å². The van der Waals surface area contributed by atoms with Crippen LogP contribution in [0.2, 0.25) is 0 Å². The Kier molecular flexibility index (Phi) is 16.2. The number of carbonyl (C=O) groups is 1. The first-order chi connectivity index (χ1) is 24.0. The van der Waals surface area contributed by atoms with Crippen molar-refractivity contribution in [1.29, 1.82) is 0 Å². The molecule has 0 fully saturated rings. The average Bonchev–Trinajstić information content (AvgIpc) is 3.05. The molecule has 0 aromatic heterocycles. The van der Waals surface area contributed by atoms with Crippen LogP contribution in [0, 0.1) is 37.2 Å². The topological polar surface area (TPSA) is 72.6 Å². The van der Waals surface area contributed by atoms with Crippen LogP contribution in [0.15, 0.2) is 78.9 Å². The van der Waals surface area contributed by atoms with Gasteiger partial charge in [0.15, 0.2) is 0 Å². The van der Waals surface area contributed by atoms with Gasteiger partial charge in [0.2, 0.25) is 5.91 Å². The Bertz CT molecular complexity index is 1790. The number of aliphatic hydroxyl groups excluding tert-OH is 1. The lowest BCUT2D eigenvalue weighted by Crippen LogP contribution is -2.33. The maximum absolute atomic E-state index is 13.7. The van der Waals surface area contributed by atoms with E-state index in [9.17, 15) is 61.9 Å². The zero-order valence-electron chi connectivity index (χ0n) is 26.8. The van der Waals surface area contributed by atoms with E-state index < -0.39 is 71.0 Å². The summed E-state index contributed by atoms with van der Waals surface area (Å²) in [6.07, 6.45) is -10.9. The SMILES string of the molecule is C#C.CC(c1cc(F)cc(OC(F)(F)C(F)F)c1)c1ccc(F)c(C(F)(F)F)c1.Cc1ccc(CO)cc1.NC(=O)c1ccc(F)c(C(F)(F)F)c1. The highest BCUT2D eigenvalue weighted by molar-refractivity contribution is 5.92. The highest BCUT2D eigenvalue weighted by Gasteiger charge is 2.44. The predicted octanol–water partition coefficient (Wildman–Crippen LogP) is 10.1. The molecule has 0 aliphatic carbocycles. The molecule has 4 rings (SSSR count). The van der Waals surface area contributed by atoms with E-state index in [0.717, 1.165) is 29.8 Å². The van der Waals surface area contributed by atoms with E-state index in [1.54, 1.807) is 0 Å². The van der Waals surface area contributed by atoms with Crippen LogP contribution in [0.5, 0.6) is 5.75 Å². The average molecular weight is 758 g/mol. The third-order valence-corrected chi connectivity index (χ3v) is 6.56. The third-order valence-electron chi connectivity index (χ3n) is 6.56. The van der Waals surface area contributed by atoms with Crippen LogP contribution in [0.3, 0.4) is 0 Å². The van der Waals surface area contributed by atoms with E-state index in [-0.39, 0.29) is 23.3 Å². The molecule has 4 aromatic rings. The Morgan fingerprint density at radius 2 is 1.25 bits per heavy atom. The number of benzene rings is 4. The molecule has 0 saturated carbocycles. The minimum Gasteiger partial charge on any atom is -0.428 e. The van der Waals surface area contributed by atoms with Gasteiger partial charge in [-0.1, -0.05) is 42.8 Å². The zero-order valence-corrected chi connectivity index (χ0v) is 26.8. The van der Waals surface area contributed by atoms with Crippen molar-refractivity contribution in [2.45, 2.75) is 51.3 Å². The fourth-order valence-corrected chi connectivity index (χ4v) is 3.91. The van der Waals surface area contributed by atoms with Crippen molar-refractivity contribution in [2.24, 2.45) is 5.73 Å². The maximum atomic E-state index is 13.7. The van der Waals surface area contributed by atoms with Crippen LogP contribution in [-0.4, -0.2) is 23.5 Å². The lowest BCUT2D eigenvalue weighted by molar-refractivity contribution is -0.253. The lowest BCUT2D eigenvalue weighted by atomic mass is 9.91. The molecule has 0 saturated heterocycles. The Morgan fingerprint density at radius 1 is 0.750 bits per heavy atom.